The summed E-state index contributed by atoms with van der Waals surface area (Å²) in [6.07, 6.45) is 3.73. The van der Waals surface area contributed by atoms with E-state index in [9.17, 15) is 22.8 Å². The highest BCUT2D eigenvalue weighted by molar-refractivity contribution is 6.08. The Morgan fingerprint density at radius 1 is 1.21 bits per heavy atom. The predicted molar refractivity (Wildman–Crippen MR) is 140 cm³/mol. The van der Waals surface area contributed by atoms with Gasteiger partial charge in [0.1, 0.15) is 17.5 Å². The molecule has 0 unspecified atom stereocenters. The minimum Gasteiger partial charge on any atom is -0.328 e. The Hall–Kier alpha value is -3.76. The van der Waals surface area contributed by atoms with Crippen molar-refractivity contribution in [2.45, 2.75) is 77.6 Å². The normalized spacial score (nSPS) is 18.5. The number of nitrogens with one attached hydrogen (secondary N) is 2. The number of amidine groups is 1. The number of carbonyl (C=O) groups is 2. The Labute approximate surface area is 219 Å². The molecule has 1 saturated heterocycles. The van der Waals surface area contributed by atoms with Gasteiger partial charge in [-0.15, -0.1) is 0 Å². The Balaban J connectivity index is 1.64. The number of imide groups is 1. The highest BCUT2D eigenvalue weighted by Crippen LogP contribution is 2.29. The van der Waals surface area contributed by atoms with Gasteiger partial charge in [0.25, 0.3) is 5.91 Å². The third-order valence-corrected chi connectivity index (χ3v) is 6.23. The number of halogens is 3. The summed E-state index contributed by atoms with van der Waals surface area (Å²) >= 11 is 0. The number of nitrogens with zero attached hydrogens (tertiary/aromatic N) is 4. The van der Waals surface area contributed by atoms with E-state index >= 15 is 0 Å². The van der Waals surface area contributed by atoms with Gasteiger partial charge in [0.2, 0.25) is 5.91 Å². The molecular formula is C27H31F3N6O2. The van der Waals surface area contributed by atoms with Gasteiger partial charge < -0.3 is 5.32 Å². The molecule has 1 aromatic carbocycles. The fourth-order valence-electron chi connectivity index (χ4n) is 4.05. The molecule has 2 heterocycles. The van der Waals surface area contributed by atoms with Crippen LogP contribution in [0.4, 0.5) is 19.0 Å². The second kappa shape index (κ2) is 11.7. The molecule has 1 aromatic heterocycles. The van der Waals surface area contributed by atoms with E-state index in [2.05, 4.69) is 20.7 Å². The van der Waals surface area contributed by atoms with Crippen molar-refractivity contribution in [3.8, 4) is 0 Å². The average molecular weight is 529 g/mol. The van der Waals surface area contributed by atoms with Crippen molar-refractivity contribution in [3.63, 3.8) is 0 Å². The van der Waals surface area contributed by atoms with Crippen molar-refractivity contribution < 1.29 is 22.8 Å². The van der Waals surface area contributed by atoms with Crippen molar-refractivity contribution in [1.29, 1.82) is 0 Å². The lowest BCUT2D eigenvalue weighted by Crippen LogP contribution is -2.28. The van der Waals surface area contributed by atoms with E-state index in [4.69, 9.17) is 4.99 Å². The number of rotatable bonds is 7. The van der Waals surface area contributed by atoms with Crippen LogP contribution in [0, 0.1) is 0 Å². The van der Waals surface area contributed by atoms with E-state index in [0.717, 1.165) is 31.4 Å². The zero-order chi connectivity index (χ0) is 27.3. The highest BCUT2D eigenvalue weighted by atomic mass is 19.4. The second-order valence-corrected chi connectivity index (χ2v) is 9.50. The Bertz CT molecular complexity index is 1270. The summed E-state index contributed by atoms with van der Waals surface area (Å²) in [4.78, 5) is 33.6. The topological polar surface area (TPSA) is 101 Å². The molecule has 0 spiro atoms. The minimum atomic E-state index is -4.39. The standard InChI is InChI=1S/C27H31F3N6O2/c1-3-5-23(31-15-18-8-10-21(11-9-18)27(28,29)30)34-25-20(14-19-6-4-7-24(37)35-26(19)38)16-32-36(25)17(2)33-22-12-13-22/h8-11,14,16,22H,3-7,12-13,15H2,1-2H3,(H,31,34)(H,35,37,38)/b19-14+,33-17?. The van der Waals surface area contributed by atoms with Crippen LogP contribution >= 0.6 is 0 Å². The molecule has 1 aliphatic carbocycles. The van der Waals surface area contributed by atoms with E-state index in [0.29, 0.717) is 53.5 Å². The fourth-order valence-corrected chi connectivity index (χ4v) is 4.05. The monoisotopic (exact) mass is 528 g/mol. The number of aromatic nitrogens is 2. The third kappa shape index (κ3) is 7.17. The molecule has 38 heavy (non-hydrogen) atoms. The number of benzene rings is 1. The molecule has 2 amide bonds. The van der Waals surface area contributed by atoms with Crippen LogP contribution in [0.2, 0.25) is 0 Å². The fraction of sp³-hybridized carbons (Fsp3) is 0.444. The molecule has 8 nitrogen and oxygen atoms in total. The number of hydrogen-bond acceptors (Lipinski definition) is 5. The number of anilines is 1. The van der Waals surface area contributed by atoms with Crippen molar-refractivity contribution >= 4 is 35.4 Å². The van der Waals surface area contributed by atoms with Crippen molar-refractivity contribution in [2.24, 2.45) is 9.98 Å². The molecule has 4 rings (SSSR count). The quantitative estimate of drug-likeness (QED) is 0.219. The molecule has 1 saturated carbocycles. The van der Waals surface area contributed by atoms with Gasteiger partial charge >= 0.3 is 6.18 Å². The van der Waals surface area contributed by atoms with Crippen LogP contribution < -0.4 is 10.6 Å². The van der Waals surface area contributed by atoms with Crippen LogP contribution in [0.1, 0.15) is 75.5 Å². The van der Waals surface area contributed by atoms with Gasteiger partial charge in [0.05, 0.1) is 24.3 Å². The first-order valence-corrected chi connectivity index (χ1v) is 12.8. The van der Waals surface area contributed by atoms with Crippen LogP contribution in [-0.4, -0.2) is 39.3 Å². The van der Waals surface area contributed by atoms with Crippen LogP contribution in [0.3, 0.4) is 0 Å². The number of aliphatic imine (C=N–C) groups is 2. The molecule has 2 N–H and O–H groups in total. The van der Waals surface area contributed by atoms with E-state index in [1.165, 1.54) is 12.1 Å². The van der Waals surface area contributed by atoms with Crippen LogP contribution in [-0.2, 0) is 22.3 Å². The van der Waals surface area contributed by atoms with Gasteiger partial charge in [-0.2, -0.15) is 18.3 Å². The van der Waals surface area contributed by atoms with Crippen molar-refractivity contribution in [2.75, 3.05) is 5.32 Å². The van der Waals surface area contributed by atoms with Crippen molar-refractivity contribution in [3.05, 3.63) is 52.7 Å². The lowest BCUT2D eigenvalue weighted by atomic mass is 10.1. The van der Waals surface area contributed by atoms with E-state index in [-0.39, 0.29) is 24.9 Å². The van der Waals surface area contributed by atoms with Crippen LogP contribution in [0.25, 0.3) is 6.08 Å². The highest BCUT2D eigenvalue weighted by Gasteiger charge is 2.30. The van der Waals surface area contributed by atoms with E-state index < -0.39 is 17.6 Å². The zero-order valence-electron chi connectivity index (χ0n) is 21.4. The Morgan fingerprint density at radius 2 is 1.95 bits per heavy atom. The molecular weight excluding hydrogens is 497 g/mol. The summed E-state index contributed by atoms with van der Waals surface area (Å²) in [5, 5.41) is 10.3. The molecule has 11 heteroatoms. The molecule has 0 radical (unpaired) electrons. The smallest absolute Gasteiger partial charge is 0.328 e. The Morgan fingerprint density at radius 3 is 2.61 bits per heavy atom. The first kappa shape index (κ1) is 27.3. The predicted octanol–water partition coefficient (Wildman–Crippen LogP) is 5.35. The van der Waals surface area contributed by atoms with Gasteiger partial charge in [-0.05, 0) is 62.8 Å². The number of carbonyl (C=O) groups excluding carboxylic acids is 2. The van der Waals surface area contributed by atoms with Crippen LogP contribution in [0.5, 0.6) is 0 Å². The molecule has 2 aliphatic rings. The van der Waals surface area contributed by atoms with E-state index in [1.807, 2.05) is 13.8 Å². The second-order valence-electron chi connectivity index (χ2n) is 9.50. The average Bonchev–Trinajstić information content (AvgIpc) is 3.62. The van der Waals surface area contributed by atoms with Gasteiger partial charge in [0, 0.05) is 24.0 Å². The number of amides is 2. The summed E-state index contributed by atoms with van der Waals surface area (Å²) in [5.41, 5.74) is 1.08. The number of hydrogen-bond donors (Lipinski definition) is 2. The molecule has 2 aromatic rings. The van der Waals surface area contributed by atoms with Gasteiger partial charge in [0.15, 0.2) is 0 Å². The van der Waals surface area contributed by atoms with Crippen LogP contribution in [0.15, 0.2) is 46.0 Å². The SMILES string of the molecule is CCCC(=NCc1ccc(C(F)(F)F)cc1)Nc1c(/C=C2\CCCC(=O)NC2=O)cnn1C(C)=NC1CC1. The minimum absolute atomic E-state index is 0.199. The van der Waals surface area contributed by atoms with Gasteiger partial charge in [-0.25, -0.2) is 4.68 Å². The Kier molecular flexibility index (Phi) is 8.43. The molecule has 2 fully saturated rings. The van der Waals surface area contributed by atoms with Crippen molar-refractivity contribution in [1.82, 2.24) is 15.1 Å². The molecule has 1 aliphatic heterocycles. The zero-order valence-corrected chi connectivity index (χ0v) is 21.4. The largest absolute Gasteiger partial charge is 0.416 e. The summed E-state index contributed by atoms with van der Waals surface area (Å²) in [5.74, 6) is 1.20. The summed E-state index contributed by atoms with van der Waals surface area (Å²) < 4.78 is 40.4. The maximum Gasteiger partial charge on any atom is 0.416 e. The summed E-state index contributed by atoms with van der Waals surface area (Å²) in [6, 6.07) is 5.23. The van der Waals surface area contributed by atoms with Gasteiger partial charge in [-0.1, -0.05) is 19.1 Å². The summed E-state index contributed by atoms with van der Waals surface area (Å²) in [6.45, 7) is 4.07. The first-order chi connectivity index (χ1) is 18.1. The third-order valence-electron chi connectivity index (χ3n) is 6.23. The van der Waals surface area contributed by atoms with Gasteiger partial charge in [-0.3, -0.25) is 24.9 Å². The molecule has 202 valence electrons. The summed E-state index contributed by atoms with van der Waals surface area (Å²) in [7, 11) is 0. The maximum absolute atomic E-state index is 12.9. The maximum atomic E-state index is 12.9. The van der Waals surface area contributed by atoms with E-state index in [1.54, 1.807) is 17.0 Å². The first-order valence-electron chi connectivity index (χ1n) is 12.8. The molecule has 0 bridgehead atoms. The lowest BCUT2D eigenvalue weighted by Gasteiger charge is -2.14. The molecule has 0 atom stereocenters. The lowest BCUT2D eigenvalue weighted by molar-refractivity contribution is -0.137. The number of alkyl halides is 3.